The van der Waals surface area contributed by atoms with Crippen molar-refractivity contribution in [2.45, 2.75) is 46.6 Å². The number of aromatic nitrogens is 6. The molecular weight excluding hydrogens is 466 g/mol. The van der Waals surface area contributed by atoms with Gasteiger partial charge in [-0.25, -0.2) is 15.0 Å². The van der Waals surface area contributed by atoms with Gasteiger partial charge in [0, 0.05) is 37.5 Å². The van der Waals surface area contributed by atoms with Gasteiger partial charge in [0.05, 0.1) is 30.1 Å². The Kier molecular flexibility index (Phi) is 6.54. The van der Waals surface area contributed by atoms with Crippen LogP contribution in [0.3, 0.4) is 0 Å². The van der Waals surface area contributed by atoms with E-state index in [0.29, 0.717) is 29.3 Å². The van der Waals surface area contributed by atoms with E-state index in [9.17, 15) is 4.79 Å². The van der Waals surface area contributed by atoms with Crippen LogP contribution in [0.5, 0.6) is 0 Å². The number of aliphatic imine (C=N–C) groups is 1. The molecule has 4 aromatic rings. The Balaban J connectivity index is 1.56. The lowest BCUT2D eigenvalue weighted by molar-refractivity contribution is 0.296. The van der Waals surface area contributed by atoms with E-state index in [4.69, 9.17) is 14.7 Å². The number of hydrogen-bond donors (Lipinski definition) is 1. The van der Waals surface area contributed by atoms with Crippen molar-refractivity contribution in [1.82, 2.24) is 29.3 Å². The van der Waals surface area contributed by atoms with Crippen LogP contribution < -0.4 is 5.56 Å². The molecule has 1 fully saturated rings. The van der Waals surface area contributed by atoms with Crippen LogP contribution in [-0.2, 0) is 11.8 Å². The van der Waals surface area contributed by atoms with E-state index in [1.807, 2.05) is 50.2 Å². The molecule has 0 unspecified atom stereocenters. The molecule has 5 rings (SSSR count). The smallest absolute Gasteiger partial charge is 0.275 e. The first-order valence-corrected chi connectivity index (χ1v) is 12.7. The average molecular weight is 500 g/mol. The number of hydrogen-bond acceptors (Lipinski definition) is 6. The lowest BCUT2D eigenvalue weighted by atomic mass is 10.0. The molecule has 1 saturated carbocycles. The zero-order valence-electron chi connectivity index (χ0n) is 22.2. The Morgan fingerprint density at radius 2 is 1.97 bits per heavy atom. The van der Waals surface area contributed by atoms with Gasteiger partial charge in [0.1, 0.15) is 17.0 Å². The van der Waals surface area contributed by atoms with Crippen LogP contribution in [0.2, 0.25) is 0 Å². The number of H-pyrrole nitrogens is 1. The molecule has 0 radical (unpaired) electrons. The maximum absolute atomic E-state index is 12.8. The standard InChI is InChI=1S/C28H33N7O2/c1-7-29-24(20-10-11-20)23(18(4)37-6)25-30-14-22-27(32-25)35(33-28(22)36)17(3)19-8-12-21(13-9-19)26-31-16(2)15-34(26)5/h8-9,12-15,17,20H,7,10-11H2,1-6H3,(H,33,36)/b23-18-,29-24?/t17-/m0/s1. The van der Waals surface area contributed by atoms with Crippen molar-refractivity contribution >= 4 is 22.3 Å². The molecule has 3 aromatic heterocycles. The molecule has 192 valence electrons. The van der Waals surface area contributed by atoms with Crippen LogP contribution in [0.1, 0.15) is 56.7 Å². The van der Waals surface area contributed by atoms with E-state index in [1.165, 1.54) is 0 Å². The van der Waals surface area contributed by atoms with Gasteiger partial charge in [0.15, 0.2) is 11.5 Å². The summed E-state index contributed by atoms with van der Waals surface area (Å²) in [6.07, 6.45) is 5.81. The topological polar surface area (TPSA) is 103 Å². The normalized spacial score (nSPS) is 15.7. The number of ether oxygens (including phenoxy) is 1. The molecule has 1 aliphatic rings. The van der Waals surface area contributed by atoms with Crippen molar-refractivity contribution in [2.75, 3.05) is 13.7 Å². The fraction of sp³-hybridized carbons (Fsp3) is 0.393. The molecule has 3 heterocycles. The molecule has 0 aliphatic heterocycles. The van der Waals surface area contributed by atoms with Gasteiger partial charge in [-0.3, -0.25) is 19.6 Å². The number of aryl methyl sites for hydroxylation is 2. The van der Waals surface area contributed by atoms with Crippen molar-refractivity contribution < 1.29 is 4.74 Å². The molecule has 0 bridgehead atoms. The van der Waals surface area contributed by atoms with Crippen LogP contribution in [0.4, 0.5) is 0 Å². The Morgan fingerprint density at radius 1 is 1.24 bits per heavy atom. The fourth-order valence-corrected chi connectivity index (χ4v) is 4.78. The van der Waals surface area contributed by atoms with Gasteiger partial charge in [-0.05, 0) is 46.1 Å². The van der Waals surface area contributed by atoms with Crippen molar-refractivity contribution in [3.63, 3.8) is 0 Å². The van der Waals surface area contributed by atoms with E-state index in [-0.39, 0.29) is 11.6 Å². The lowest BCUT2D eigenvalue weighted by Crippen LogP contribution is -2.14. The summed E-state index contributed by atoms with van der Waals surface area (Å²) in [6.45, 7) is 8.64. The second-order valence-electron chi connectivity index (χ2n) is 9.63. The van der Waals surface area contributed by atoms with Crippen LogP contribution in [0, 0.1) is 12.8 Å². The molecule has 37 heavy (non-hydrogen) atoms. The van der Waals surface area contributed by atoms with Crippen molar-refractivity contribution in [3.8, 4) is 11.4 Å². The highest BCUT2D eigenvalue weighted by molar-refractivity contribution is 6.25. The van der Waals surface area contributed by atoms with E-state index >= 15 is 0 Å². The summed E-state index contributed by atoms with van der Waals surface area (Å²) >= 11 is 0. The zero-order valence-corrected chi connectivity index (χ0v) is 22.2. The minimum atomic E-state index is -0.216. The van der Waals surface area contributed by atoms with Gasteiger partial charge in [-0.15, -0.1) is 0 Å². The number of nitrogens with zero attached hydrogens (tertiary/aromatic N) is 6. The minimum absolute atomic E-state index is 0.159. The predicted octanol–water partition coefficient (Wildman–Crippen LogP) is 4.69. The number of allylic oxidation sites excluding steroid dienone is 2. The maximum Gasteiger partial charge on any atom is 0.275 e. The first kappa shape index (κ1) is 24.7. The SMILES string of the molecule is CCN=C(/C(=C(\C)OC)c1ncc2c(=O)[nH]n([C@@H](C)c3ccc(-c4nc(C)cn4C)cc3)c2n1)C1CC1. The fourth-order valence-electron chi connectivity index (χ4n) is 4.78. The summed E-state index contributed by atoms with van der Waals surface area (Å²) in [6, 6.07) is 8.09. The first-order valence-electron chi connectivity index (χ1n) is 12.7. The third-order valence-electron chi connectivity index (χ3n) is 6.93. The number of fused-ring (bicyclic) bond motifs is 1. The highest BCUT2D eigenvalue weighted by atomic mass is 16.5. The number of benzene rings is 1. The summed E-state index contributed by atoms with van der Waals surface area (Å²) in [5.41, 5.74) is 5.20. The van der Waals surface area contributed by atoms with Crippen LogP contribution >= 0.6 is 0 Å². The molecule has 0 spiro atoms. The summed E-state index contributed by atoms with van der Waals surface area (Å²) in [5.74, 6) is 2.55. The number of imidazole rings is 1. The monoisotopic (exact) mass is 499 g/mol. The highest BCUT2D eigenvalue weighted by Crippen LogP contribution is 2.37. The van der Waals surface area contributed by atoms with Crippen LogP contribution in [0.25, 0.3) is 28.0 Å². The average Bonchev–Trinajstić information content (AvgIpc) is 3.62. The van der Waals surface area contributed by atoms with Crippen LogP contribution in [-0.4, -0.2) is 48.7 Å². The van der Waals surface area contributed by atoms with E-state index < -0.39 is 0 Å². The number of nitrogens with one attached hydrogen (secondary N) is 1. The number of aromatic amines is 1. The summed E-state index contributed by atoms with van der Waals surface area (Å²) in [4.78, 5) is 31.7. The van der Waals surface area contributed by atoms with Gasteiger partial charge < -0.3 is 9.30 Å². The van der Waals surface area contributed by atoms with E-state index in [0.717, 1.165) is 52.5 Å². The lowest BCUT2D eigenvalue weighted by Gasteiger charge is -2.16. The van der Waals surface area contributed by atoms with E-state index in [2.05, 4.69) is 39.3 Å². The molecule has 0 saturated heterocycles. The number of methoxy groups -OCH3 is 1. The van der Waals surface area contributed by atoms with Gasteiger partial charge in [-0.1, -0.05) is 24.3 Å². The Bertz CT molecular complexity index is 1570. The highest BCUT2D eigenvalue weighted by Gasteiger charge is 2.33. The van der Waals surface area contributed by atoms with Gasteiger partial charge in [0.2, 0.25) is 0 Å². The van der Waals surface area contributed by atoms with Crippen molar-refractivity contribution in [1.29, 1.82) is 0 Å². The Labute approximate surface area is 215 Å². The summed E-state index contributed by atoms with van der Waals surface area (Å²) < 4.78 is 9.47. The van der Waals surface area contributed by atoms with E-state index in [1.54, 1.807) is 13.3 Å². The largest absolute Gasteiger partial charge is 0.501 e. The molecule has 1 aromatic carbocycles. The molecule has 9 heteroatoms. The molecule has 0 amide bonds. The van der Waals surface area contributed by atoms with Gasteiger partial charge >= 0.3 is 0 Å². The Hall–Kier alpha value is -4.01. The third-order valence-corrected chi connectivity index (χ3v) is 6.93. The first-order chi connectivity index (χ1) is 17.8. The second kappa shape index (κ2) is 9.80. The number of rotatable bonds is 8. The molecule has 1 N–H and O–H groups in total. The van der Waals surface area contributed by atoms with Gasteiger partial charge in [-0.2, -0.15) is 0 Å². The Morgan fingerprint density at radius 3 is 2.57 bits per heavy atom. The van der Waals surface area contributed by atoms with Gasteiger partial charge in [0.25, 0.3) is 5.56 Å². The summed E-state index contributed by atoms with van der Waals surface area (Å²) in [7, 11) is 3.64. The predicted molar refractivity (Wildman–Crippen MR) is 146 cm³/mol. The zero-order chi connectivity index (χ0) is 26.3. The van der Waals surface area contributed by atoms with Crippen molar-refractivity contribution in [2.24, 2.45) is 18.0 Å². The van der Waals surface area contributed by atoms with Crippen molar-refractivity contribution in [3.05, 3.63) is 69.9 Å². The molecule has 1 atom stereocenters. The summed E-state index contributed by atoms with van der Waals surface area (Å²) in [5, 5.41) is 3.42. The van der Waals surface area contributed by atoms with Crippen LogP contribution in [0.15, 0.2) is 52.2 Å². The molecular formula is C28H33N7O2. The molecule has 9 nitrogen and oxygen atoms in total. The minimum Gasteiger partial charge on any atom is -0.501 e. The third kappa shape index (κ3) is 4.61. The maximum atomic E-state index is 12.8. The quantitative estimate of drug-likeness (QED) is 0.280. The second-order valence-corrected chi connectivity index (χ2v) is 9.63. The molecule has 1 aliphatic carbocycles.